The number of esters is 1. The summed E-state index contributed by atoms with van der Waals surface area (Å²) in [4.78, 5) is 33.1. The highest BCUT2D eigenvalue weighted by atomic mass is 16.6. The first-order valence-corrected chi connectivity index (χ1v) is 9.13. The first-order chi connectivity index (χ1) is 14.0. The smallest absolute Gasteiger partial charge is 0.343 e. The van der Waals surface area contributed by atoms with Crippen molar-refractivity contribution >= 4 is 16.9 Å². The SMILES string of the molecule is CC[C@@]1(O)C(=O)OC(N=[N+]=[N-])c2c1cc1n(c2=O)Cc2cc3ccccc3nc2-1. The van der Waals surface area contributed by atoms with Crippen LogP contribution >= 0.6 is 0 Å². The Labute approximate surface area is 163 Å². The molecular weight excluding hydrogens is 374 g/mol. The summed E-state index contributed by atoms with van der Waals surface area (Å²) in [5, 5.41) is 15.4. The van der Waals surface area contributed by atoms with Crippen molar-refractivity contribution in [2.45, 2.75) is 31.7 Å². The Morgan fingerprint density at radius 2 is 2.17 bits per heavy atom. The third-order valence-corrected chi connectivity index (χ3v) is 5.63. The van der Waals surface area contributed by atoms with Gasteiger partial charge in [0.25, 0.3) is 5.56 Å². The summed E-state index contributed by atoms with van der Waals surface area (Å²) in [6.07, 6.45) is -1.42. The standard InChI is InChI=1S/C20H15N5O4/c1-2-20(28)12-8-14-16-11(7-10-5-3-4-6-13(10)22-16)9-25(14)18(26)15(12)17(23-24-21)29-19(20)27/h3-8,17,28H,2,9H2,1H3/t17?,20-/m0/s1. The molecule has 0 saturated carbocycles. The number of cyclic esters (lactones) is 1. The van der Waals surface area contributed by atoms with Gasteiger partial charge in [0.15, 0.2) is 5.60 Å². The Kier molecular flexibility index (Phi) is 3.55. The highest BCUT2D eigenvalue weighted by Crippen LogP contribution is 2.42. The van der Waals surface area contributed by atoms with E-state index in [0.29, 0.717) is 11.4 Å². The number of ether oxygens (including phenoxy) is 1. The average Bonchev–Trinajstić information content (AvgIpc) is 3.08. The normalized spacial score (nSPS) is 21.7. The summed E-state index contributed by atoms with van der Waals surface area (Å²) in [6.45, 7) is 1.90. The van der Waals surface area contributed by atoms with Crippen molar-refractivity contribution in [2.75, 3.05) is 0 Å². The van der Waals surface area contributed by atoms with Gasteiger partial charge in [-0.15, -0.1) is 0 Å². The number of carbonyl (C=O) groups excluding carboxylic acids is 1. The summed E-state index contributed by atoms with van der Waals surface area (Å²) in [7, 11) is 0. The molecule has 9 heteroatoms. The van der Waals surface area contributed by atoms with Crippen LogP contribution in [-0.2, 0) is 21.7 Å². The van der Waals surface area contributed by atoms with Gasteiger partial charge in [-0.25, -0.2) is 9.78 Å². The van der Waals surface area contributed by atoms with E-state index < -0.39 is 23.4 Å². The van der Waals surface area contributed by atoms with Gasteiger partial charge in [-0.3, -0.25) is 4.79 Å². The van der Waals surface area contributed by atoms with Crippen LogP contribution in [0.5, 0.6) is 0 Å². The van der Waals surface area contributed by atoms with Crippen LogP contribution in [0.4, 0.5) is 0 Å². The number of pyridine rings is 2. The fourth-order valence-electron chi connectivity index (χ4n) is 4.10. The summed E-state index contributed by atoms with van der Waals surface area (Å²) in [5.74, 6) is -0.945. The van der Waals surface area contributed by atoms with E-state index in [0.717, 1.165) is 16.5 Å². The molecule has 3 aromatic rings. The predicted molar refractivity (Wildman–Crippen MR) is 103 cm³/mol. The number of carbonyl (C=O) groups is 1. The Morgan fingerprint density at radius 1 is 1.38 bits per heavy atom. The highest BCUT2D eigenvalue weighted by molar-refractivity contribution is 5.86. The van der Waals surface area contributed by atoms with Crippen molar-refractivity contribution < 1.29 is 14.6 Å². The van der Waals surface area contributed by atoms with Crippen LogP contribution in [0.25, 0.3) is 32.7 Å². The van der Waals surface area contributed by atoms with Crippen molar-refractivity contribution in [1.29, 1.82) is 0 Å². The molecule has 0 fully saturated rings. The number of fused-ring (bicyclic) bond motifs is 5. The molecule has 2 aromatic heterocycles. The lowest BCUT2D eigenvalue weighted by molar-refractivity contribution is -0.177. The largest absolute Gasteiger partial charge is 0.449 e. The van der Waals surface area contributed by atoms with E-state index in [1.807, 2.05) is 30.3 Å². The molecular formula is C20H15N5O4. The monoisotopic (exact) mass is 389 g/mol. The number of aliphatic hydroxyl groups is 1. The first-order valence-electron chi connectivity index (χ1n) is 9.13. The Bertz CT molecular complexity index is 1320. The van der Waals surface area contributed by atoms with Crippen LogP contribution < -0.4 is 5.56 Å². The predicted octanol–water partition coefficient (Wildman–Crippen LogP) is 2.89. The van der Waals surface area contributed by atoms with E-state index in [1.54, 1.807) is 13.0 Å². The topological polar surface area (TPSA) is 130 Å². The van der Waals surface area contributed by atoms with E-state index in [2.05, 4.69) is 10.0 Å². The fourth-order valence-corrected chi connectivity index (χ4v) is 4.10. The number of nitrogens with zero attached hydrogens (tertiary/aromatic N) is 5. The molecule has 1 N–H and O–H groups in total. The van der Waals surface area contributed by atoms with Gasteiger partial charge < -0.3 is 14.4 Å². The van der Waals surface area contributed by atoms with E-state index in [4.69, 9.17) is 15.3 Å². The second kappa shape index (κ2) is 5.91. The Balaban J connectivity index is 1.83. The number of aromatic nitrogens is 2. The molecule has 9 nitrogen and oxygen atoms in total. The van der Waals surface area contributed by atoms with E-state index in [9.17, 15) is 14.7 Å². The molecule has 1 aromatic carbocycles. The summed E-state index contributed by atoms with van der Waals surface area (Å²) >= 11 is 0. The van der Waals surface area contributed by atoms with Gasteiger partial charge in [0, 0.05) is 21.4 Å². The number of benzene rings is 1. The number of hydrogen-bond acceptors (Lipinski definition) is 6. The van der Waals surface area contributed by atoms with Crippen molar-refractivity contribution in [3.8, 4) is 11.4 Å². The molecule has 4 heterocycles. The molecule has 0 amide bonds. The van der Waals surface area contributed by atoms with E-state index in [1.165, 1.54) is 4.57 Å². The van der Waals surface area contributed by atoms with Crippen molar-refractivity contribution in [2.24, 2.45) is 5.11 Å². The lowest BCUT2D eigenvalue weighted by atomic mass is 9.85. The zero-order valence-corrected chi connectivity index (χ0v) is 15.4. The van der Waals surface area contributed by atoms with Gasteiger partial charge in [-0.2, -0.15) is 0 Å². The fraction of sp³-hybridized carbons (Fsp3) is 0.250. The maximum Gasteiger partial charge on any atom is 0.343 e. The Morgan fingerprint density at radius 3 is 2.93 bits per heavy atom. The number of hydrogen-bond donors (Lipinski definition) is 1. The third-order valence-electron chi connectivity index (χ3n) is 5.63. The number of azide groups is 1. The second-order valence-electron chi connectivity index (χ2n) is 7.11. The molecule has 144 valence electrons. The molecule has 0 radical (unpaired) electrons. The molecule has 2 aliphatic heterocycles. The minimum Gasteiger partial charge on any atom is -0.449 e. The highest BCUT2D eigenvalue weighted by Gasteiger charge is 2.48. The molecule has 2 atom stereocenters. The quantitative estimate of drug-likeness (QED) is 0.244. The van der Waals surface area contributed by atoms with Crippen molar-refractivity contribution in [3.63, 3.8) is 0 Å². The summed E-state index contributed by atoms with van der Waals surface area (Å²) in [5.41, 5.74) is 9.22. The van der Waals surface area contributed by atoms with E-state index in [-0.39, 0.29) is 24.1 Å². The molecule has 0 saturated heterocycles. The van der Waals surface area contributed by atoms with Gasteiger partial charge in [-0.05, 0) is 35.3 Å². The molecule has 1 unspecified atom stereocenters. The maximum atomic E-state index is 13.3. The van der Waals surface area contributed by atoms with Gasteiger partial charge >= 0.3 is 5.97 Å². The van der Waals surface area contributed by atoms with Gasteiger partial charge in [0.1, 0.15) is 0 Å². The summed E-state index contributed by atoms with van der Waals surface area (Å²) < 4.78 is 6.61. The molecule has 0 aliphatic carbocycles. The number of para-hydroxylation sites is 1. The minimum absolute atomic E-state index is 0.00270. The lowest BCUT2D eigenvalue weighted by Gasteiger charge is -2.34. The molecule has 2 aliphatic rings. The van der Waals surface area contributed by atoms with Crippen LogP contribution in [0.3, 0.4) is 0 Å². The zero-order chi connectivity index (χ0) is 20.3. The van der Waals surface area contributed by atoms with Crippen LogP contribution in [0.2, 0.25) is 0 Å². The van der Waals surface area contributed by atoms with Gasteiger partial charge in [0.05, 0.1) is 29.0 Å². The van der Waals surface area contributed by atoms with Crippen LogP contribution in [0, 0.1) is 0 Å². The molecule has 0 spiro atoms. The zero-order valence-electron chi connectivity index (χ0n) is 15.4. The summed E-state index contributed by atoms with van der Waals surface area (Å²) in [6, 6.07) is 11.2. The van der Waals surface area contributed by atoms with Crippen LogP contribution in [0.1, 0.15) is 36.3 Å². The average molecular weight is 389 g/mol. The van der Waals surface area contributed by atoms with Crippen LogP contribution in [-0.4, -0.2) is 20.6 Å². The second-order valence-corrected chi connectivity index (χ2v) is 7.11. The maximum absolute atomic E-state index is 13.3. The van der Waals surface area contributed by atoms with Crippen molar-refractivity contribution in [1.82, 2.24) is 9.55 Å². The lowest BCUT2D eigenvalue weighted by Crippen LogP contribution is -2.45. The number of rotatable bonds is 2. The first kappa shape index (κ1) is 17.4. The minimum atomic E-state index is -1.99. The third kappa shape index (κ3) is 2.25. The van der Waals surface area contributed by atoms with Gasteiger partial charge in [0.2, 0.25) is 6.23 Å². The van der Waals surface area contributed by atoms with Crippen molar-refractivity contribution in [3.05, 3.63) is 73.9 Å². The molecule has 0 bridgehead atoms. The van der Waals surface area contributed by atoms with Gasteiger partial charge in [-0.1, -0.05) is 25.1 Å². The van der Waals surface area contributed by atoms with Crippen LogP contribution in [0.15, 0.2) is 46.3 Å². The Hall–Kier alpha value is -3.68. The molecule has 29 heavy (non-hydrogen) atoms. The molecule has 5 rings (SSSR count). The van der Waals surface area contributed by atoms with E-state index >= 15 is 0 Å².